The summed E-state index contributed by atoms with van der Waals surface area (Å²) in [7, 11) is 1.67. The summed E-state index contributed by atoms with van der Waals surface area (Å²) in [5, 5.41) is 18.7. The Morgan fingerprint density at radius 3 is 2.86 bits per heavy atom. The van der Waals surface area contributed by atoms with Gasteiger partial charge < -0.3 is 19.8 Å². The first-order valence-corrected chi connectivity index (χ1v) is 6.88. The van der Waals surface area contributed by atoms with Gasteiger partial charge in [-0.05, 0) is 37.5 Å². The van der Waals surface area contributed by atoms with Gasteiger partial charge in [-0.1, -0.05) is 6.07 Å². The molecule has 0 saturated heterocycles. The van der Waals surface area contributed by atoms with E-state index in [0.717, 1.165) is 0 Å². The molecule has 1 aliphatic rings. The quantitative estimate of drug-likeness (QED) is 0.863. The largest absolute Gasteiger partial charge is 0.481 e. The second kappa shape index (κ2) is 6.13. The maximum atomic E-state index is 11.9. The molecule has 2 atom stereocenters. The van der Waals surface area contributed by atoms with Crippen molar-refractivity contribution in [2.75, 3.05) is 11.9 Å². The van der Waals surface area contributed by atoms with E-state index in [2.05, 4.69) is 0 Å². The van der Waals surface area contributed by atoms with Gasteiger partial charge in [0.1, 0.15) is 5.75 Å². The molecular formula is C15H19NO5. The zero-order valence-corrected chi connectivity index (χ0v) is 12.1. The minimum absolute atomic E-state index is 0.0288. The predicted octanol–water partition coefficient (Wildman–Crippen LogP) is 1.72. The number of aliphatic hydroxyl groups is 1. The number of carboxylic acid groups (broad SMARTS) is 1. The van der Waals surface area contributed by atoms with Gasteiger partial charge in [0.2, 0.25) is 0 Å². The van der Waals surface area contributed by atoms with Crippen molar-refractivity contribution in [1.82, 2.24) is 0 Å². The maximum absolute atomic E-state index is 11.9. The number of fused-ring (bicyclic) bond motifs is 1. The Morgan fingerprint density at radius 1 is 1.48 bits per heavy atom. The standard InChI is InChI=1S/C15H19NO5/c1-9-15(20)16(2)11-8-10(6-7-13(11)21-9)12(17)4-3-5-14(18)19/h6-9,12,17H,3-5H2,1-2H3,(H,18,19). The molecule has 0 spiro atoms. The normalized spacial score (nSPS) is 18.9. The maximum Gasteiger partial charge on any atom is 0.303 e. The molecule has 1 aromatic carbocycles. The van der Waals surface area contributed by atoms with Crippen molar-refractivity contribution >= 4 is 17.6 Å². The number of carbonyl (C=O) groups is 2. The van der Waals surface area contributed by atoms with Crippen molar-refractivity contribution < 1.29 is 24.5 Å². The number of hydrogen-bond acceptors (Lipinski definition) is 4. The van der Waals surface area contributed by atoms with E-state index < -0.39 is 18.2 Å². The lowest BCUT2D eigenvalue weighted by Gasteiger charge is -2.31. The molecule has 2 unspecified atom stereocenters. The number of aliphatic carboxylic acids is 1. The monoisotopic (exact) mass is 293 g/mol. The van der Waals surface area contributed by atoms with Crippen LogP contribution in [-0.4, -0.2) is 35.2 Å². The molecule has 1 heterocycles. The van der Waals surface area contributed by atoms with E-state index in [0.29, 0.717) is 29.8 Å². The number of rotatable bonds is 5. The van der Waals surface area contributed by atoms with E-state index in [1.165, 1.54) is 4.90 Å². The molecule has 1 aliphatic heterocycles. The molecule has 2 N–H and O–H groups in total. The Labute approximate surface area is 122 Å². The summed E-state index contributed by atoms with van der Waals surface area (Å²) in [6.07, 6.45) is -0.483. The Balaban J connectivity index is 2.13. The summed E-state index contributed by atoms with van der Waals surface area (Å²) >= 11 is 0. The van der Waals surface area contributed by atoms with Crippen molar-refractivity contribution in [2.45, 2.75) is 38.4 Å². The number of carbonyl (C=O) groups excluding carboxylic acids is 1. The van der Waals surface area contributed by atoms with Crippen molar-refractivity contribution in [3.8, 4) is 5.75 Å². The number of amides is 1. The van der Waals surface area contributed by atoms with Gasteiger partial charge in [-0.2, -0.15) is 0 Å². The molecule has 0 aliphatic carbocycles. The smallest absolute Gasteiger partial charge is 0.303 e. The fourth-order valence-corrected chi connectivity index (χ4v) is 2.35. The number of hydrogen-bond donors (Lipinski definition) is 2. The molecular weight excluding hydrogens is 274 g/mol. The van der Waals surface area contributed by atoms with Gasteiger partial charge in [0.25, 0.3) is 5.91 Å². The number of likely N-dealkylation sites (N-methyl/N-ethyl adjacent to an activating group) is 1. The second-order valence-electron chi connectivity index (χ2n) is 5.19. The Hall–Kier alpha value is -2.08. The SMILES string of the molecule is CC1Oc2ccc(C(O)CCCC(=O)O)cc2N(C)C1=O. The van der Waals surface area contributed by atoms with Gasteiger partial charge in [-0.25, -0.2) is 0 Å². The van der Waals surface area contributed by atoms with Gasteiger partial charge >= 0.3 is 5.97 Å². The highest BCUT2D eigenvalue weighted by Crippen LogP contribution is 2.36. The van der Waals surface area contributed by atoms with Crippen LogP contribution in [-0.2, 0) is 9.59 Å². The summed E-state index contributed by atoms with van der Waals surface area (Å²) in [5.41, 5.74) is 1.27. The van der Waals surface area contributed by atoms with Crippen LogP contribution >= 0.6 is 0 Å². The topological polar surface area (TPSA) is 87.1 Å². The highest BCUT2D eigenvalue weighted by Gasteiger charge is 2.29. The summed E-state index contributed by atoms with van der Waals surface area (Å²) in [4.78, 5) is 23.9. The summed E-state index contributed by atoms with van der Waals surface area (Å²) < 4.78 is 5.51. The number of nitrogens with zero attached hydrogens (tertiary/aromatic N) is 1. The fourth-order valence-electron chi connectivity index (χ4n) is 2.35. The minimum atomic E-state index is -0.875. The van der Waals surface area contributed by atoms with Crippen LogP contribution in [0.15, 0.2) is 18.2 Å². The average molecular weight is 293 g/mol. The first-order chi connectivity index (χ1) is 9.90. The molecule has 0 aromatic heterocycles. The molecule has 0 fully saturated rings. The van der Waals surface area contributed by atoms with Crippen molar-refractivity contribution in [1.29, 1.82) is 0 Å². The van der Waals surface area contributed by atoms with E-state index in [9.17, 15) is 14.7 Å². The van der Waals surface area contributed by atoms with Gasteiger partial charge in [0.15, 0.2) is 6.10 Å². The van der Waals surface area contributed by atoms with E-state index >= 15 is 0 Å². The average Bonchev–Trinajstić information content (AvgIpc) is 2.44. The number of carboxylic acids is 1. The zero-order chi connectivity index (χ0) is 15.6. The van der Waals surface area contributed by atoms with E-state index in [1.807, 2.05) is 0 Å². The van der Waals surface area contributed by atoms with Crippen LogP contribution in [0.4, 0.5) is 5.69 Å². The van der Waals surface area contributed by atoms with Crippen LogP contribution < -0.4 is 9.64 Å². The Morgan fingerprint density at radius 2 is 2.19 bits per heavy atom. The molecule has 0 radical (unpaired) electrons. The van der Waals surface area contributed by atoms with E-state index in [1.54, 1.807) is 32.2 Å². The lowest BCUT2D eigenvalue weighted by molar-refractivity contribution is -0.137. The fraction of sp³-hybridized carbons (Fsp3) is 0.467. The van der Waals surface area contributed by atoms with Crippen molar-refractivity contribution in [3.63, 3.8) is 0 Å². The van der Waals surface area contributed by atoms with Gasteiger partial charge in [0.05, 0.1) is 11.8 Å². The first-order valence-electron chi connectivity index (χ1n) is 6.88. The highest BCUT2D eigenvalue weighted by atomic mass is 16.5. The van der Waals surface area contributed by atoms with Crippen LogP contribution in [0, 0.1) is 0 Å². The van der Waals surface area contributed by atoms with Crippen molar-refractivity contribution in [3.05, 3.63) is 23.8 Å². The molecule has 21 heavy (non-hydrogen) atoms. The third kappa shape index (κ3) is 3.33. The van der Waals surface area contributed by atoms with Crippen LogP contribution in [0.1, 0.15) is 37.9 Å². The van der Waals surface area contributed by atoms with Crippen LogP contribution in [0.2, 0.25) is 0 Å². The third-order valence-electron chi connectivity index (χ3n) is 3.58. The third-order valence-corrected chi connectivity index (χ3v) is 3.58. The molecule has 6 nitrogen and oxygen atoms in total. The molecule has 0 saturated carbocycles. The van der Waals surface area contributed by atoms with Gasteiger partial charge in [-0.15, -0.1) is 0 Å². The minimum Gasteiger partial charge on any atom is -0.481 e. The van der Waals surface area contributed by atoms with Gasteiger partial charge in [0, 0.05) is 13.5 Å². The van der Waals surface area contributed by atoms with Crippen LogP contribution in [0.25, 0.3) is 0 Å². The Kier molecular flexibility index (Phi) is 4.47. The lowest BCUT2D eigenvalue weighted by atomic mass is 10.0. The summed E-state index contributed by atoms with van der Waals surface area (Å²) in [5.74, 6) is -0.411. The molecule has 1 amide bonds. The van der Waals surface area contributed by atoms with Crippen LogP contribution in [0.5, 0.6) is 5.75 Å². The van der Waals surface area contributed by atoms with Crippen LogP contribution in [0.3, 0.4) is 0 Å². The molecule has 0 bridgehead atoms. The number of ether oxygens (including phenoxy) is 1. The molecule has 114 valence electrons. The molecule has 1 aromatic rings. The first kappa shape index (κ1) is 15.3. The Bertz CT molecular complexity index is 557. The molecule has 2 rings (SSSR count). The lowest BCUT2D eigenvalue weighted by Crippen LogP contribution is -2.42. The summed E-state index contributed by atoms with van der Waals surface area (Å²) in [6.45, 7) is 1.69. The number of aliphatic hydroxyl groups excluding tert-OH is 1. The van der Waals surface area contributed by atoms with Crippen molar-refractivity contribution in [2.24, 2.45) is 0 Å². The second-order valence-corrected chi connectivity index (χ2v) is 5.19. The zero-order valence-electron chi connectivity index (χ0n) is 12.1. The number of anilines is 1. The summed E-state index contributed by atoms with van der Waals surface area (Å²) in [6, 6.07) is 5.18. The number of benzene rings is 1. The highest BCUT2D eigenvalue weighted by molar-refractivity contribution is 5.99. The van der Waals surface area contributed by atoms with E-state index in [-0.39, 0.29) is 12.3 Å². The van der Waals surface area contributed by atoms with Gasteiger partial charge in [-0.3, -0.25) is 9.59 Å². The predicted molar refractivity (Wildman–Crippen MR) is 76.4 cm³/mol. The van der Waals surface area contributed by atoms with E-state index in [4.69, 9.17) is 9.84 Å². The molecule has 6 heteroatoms.